The number of aryl methyl sites for hydroxylation is 2. The van der Waals surface area contributed by atoms with Crippen molar-refractivity contribution in [1.29, 1.82) is 0 Å². The van der Waals surface area contributed by atoms with E-state index in [1.165, 1.54) is 11.3 Å². The van der Waals surface area contributed by atoms with Gasteiger partial charge in [-0.15, -0.1) is 11.3 Å². The second-order valence-corrected chi connectivity index (χ2v) is 9.95. The van der Waals surface area contributed by atoms with E-state index < -0.39 is 10.0 Å². The van der Waals surface area contributed by atoms with Crippen molar-refractivity contribution in [3.8, 4) is 0 Å². The normalized spacial score (nSPS) is 17.8. The van der Waals surface area contributed by atoms with Crippen LogP contribution in [0.2, 0.25) is 0 Å². The van der Waals surface area contributed by atoms with Gasteiger partial charge in [0.15, 0.2) is 5.96 Å². The Morgan fingerprint density at radius 1 is 1.36 bits per heavy atom. The Labute approximate surface area is 171 Å². The van der Waals surface area contributed by atoms with Gasteiger partial charge in [0.1, 0.15) is 0 Å². The Balaban J connectivity index is 1.87. The molecule has 1 amide bonds. The van der Waals surface area contributed by atoms with Gasteiger partial charge < -0.3 is 15.5 Å². The predicted molar refractivity (Wildman–Crippen MR) is 113 cm³/mol. The van der Waals surface area contributed by atoms with Gasteiger partial charge in [-0.2, -0.15) is 0 Å². The van der Waals surface area contributed by atoms with E-state index in [1.54, 1.807) is 6.07 Å². The van der Waals surface area contributed by atoms with Gasteiger partial charge in [-0.3, -0.25) is 9.79 Å². The number of carbonyl (C=O) groups excluding carboxylic acids is 1. The summed E-state index contributed by atoms with van der Waals surface area (Å²) in [7, 11) is -3.52. The highest BCUT2D eigenvalue weighted by molar-refractivity contribution is 7.89. The summed E-state index contributed by atoms with van der Waals surface area (Å²) in [5.41, 5.74) is 0. The van der Waals surface area contributed by atoms with Crippen molar-refractivity contribution >= 4 is 33.2 Å². The van der Waals surface area contributed by atoms with Crippen LogP contribution in [-0.4, -0.2) is 64.0 Å². The molecule has 2 rings (SSSR count). The fraction of sp³-hybridized carbons (Fsp3) is 0.667. The summed E-state index contributed by atoms with van der Waals surface area (Å²) >= 11 is 1.47. The van der Waals surface area contributed by atoms with Crippen molar-refractivity contribution in [3.63, 3.8) is 0 Å². The Kier molecular flexibility index (Phi) is 8.26. The topological polar surface area (TPSA) is 103 Å². The van der Waals surface area contributed by atoms with E-state index >= 15 is 0 Å². The standard InChI is InChI=1S/C18H31N5O3S2/c1-5-17(24)23-10-7-15(12-23)22-18(19-6-2)20-8-9-21-28(25,26)16-11-13(3)27-14(16)4/h11,15,21H,5-10,12H2,1-4H3,(H2,19,20,22). The zero-order valence-corrected chi connectivity index (χ0v) is 18.7. The van der Waals surface area contributed by atoms with Crippen LogP contribution in [0.5, 0.6) is 0 Å². The predicted octanol–water partition coefficient (Wildman–Crippen LogP) is 1.21. The first-order chi connectivity index (χ1) is 13.3. The molecule has 1 saturated heterocycles. The lowest BCUT2D eigenvalue weighted by Crippen LogP contribution is -2.45. The van der Waals surface area contributed by atoms with E-state index in [2.05, 4.69) is 20.3 Å². The monoisotopic (exact) mass is 429 g/mol. The fourth-order valence-corrected chi connectivity index (χ4v) is 5.72. The number of hydrogen-bond acceptors (Lipinski definition) is 5. The number of hydrogen-bond donors (Lipinski definition) is 3. The summed E-state index contributed by atoms with van der Waals surface area (Å²) in [5.74, 6) is 0.805. The maximum atomic E-state index is 12.4. The van der Waals surface area contributed by atoms with E-state index in [0.29, 0.717) is 36.9 Å². The third-order valence-corrected chi connectivity index (χ3v) is 7.17. The van der Waals surface area contributed by atoms with Crippen molar-refractivity contribution in [3.05, 3.63) is 15.8 Å². The molecule has 1 aromatic rings. The van der Waals surface area contributed by atoms with Crippen molar-refractivity contribution < 1.29 is 13.2 Å². The second kappa shape index (κ2) is 10.2. The van der Waals surface area contributed by atoms with E-state index in [4.69, 9.17) is 0 Å². The molecule has 0 spiro atoms. The third-order valence-electron chi connectivity index (χ3n) is 4.49. The van der Waals surface area contributed by atoms with Crippen LogP contribution in [0.3, 0.4) is 0 Å². The first-order valence-corrected chi connectivity index (χ1v) is 12.0. The number of nitrogens with zero attached hydrogens (tertiary/aromatic N) is 2. The zero-order valence-electron chi connectivity index (χ0n) is 17.0. The summed E-state index contributed by atoms with van der Waals surface area (Å²) in [6, 6.07) is 1.85. The zero-order chi connectivity index (χ0) is 20.7. The number of guanidine groups is 1. The highest BCUT2D eigenvalue weighted by atomic mass is 32.2. The number of likely N-dealkylation sites (tertiary alicyclic amines) is 1. The van der Waals surface area contributed by atoms with Crippen LogP contribution in [0.15, 0.2) is 16.0 Å². The summed E-state index contributed by atoms with van der Waals surface area (Å²) in [6.45, 7) is 10.2. The Morgan fingerprint density at radius 2 is 2.11 bits per heavy atom. The number of thiophene rings is 1. The fourth-order valence-electron chi connectivity index (χ4n) is 3.14. The van der Waals surface area contributed by atoms with Crippen LogP contribution in [0, 0.1) is 13.8 Å². The van der Waals surface area contributed by atoms with Crippen LogP contribution in [0.4, 0.5) is 0 Å². The van der Waals surface area contributed by atoms with Crippen molar-refractivity contribution in [1.82, 2.24) is 20.3 Å². The average molecular weight is 430 g/mol. The molecule has 1 atom stereocenters. The summed E-state index contributed by atoms with van der Waals surface area (Å²) < 4.78 is 27.5. The molecule has 1 unspecified atom stereocenters. The molecule has 28 heavy (non-hydrogen) atoms. The van der Waals surface area contributed by atoms with Gasteiger partial charge in [0.2, 0.25) is 15.9 Å². The summed E-state index contributed by atoms with van der Waals surface area (Å²) in [6.07, 6.45) is 1.39. The largest absolute Gasteiger partial charge is 0.357 e. The highest BCUT2D eigenvalue weighted by Crippen LogP contribution is 2.24. The molecule has 0 bridgehead atoms. The minimum atomic E-state index is -3.52. The minimum Gasteiger partial charge on any atom is -0.357 e. The number of nitrogens with one attached hydrogen (secondary N) is 3. The molecule has 0 aromatic carbocycles. The minimum absolute atomic E-state index is 0.154. The second-order valence-electron chi connectivity index (χ2n) is 6.76. The molecule has 1 aliphatic rings. The summed E-state index contributed by atoms with van der Waals surface area (Å²) in [5, 5.41) is 6.51. The molecule has 1 aromatic heterocycles. The lowest BCUT2D eigenvalue weighted by atomic mass is 10.3. The Morgan fingerprint density at radius 3 is 2.71 bits per heavy atom. The number of amides is 1. The van der Waals surface area contributed by atoms with Gasteiger partial charge in [-0.1, -0.05) is 6.92 Å². The van der Waals surface area contributed by atoms with Crippen molar-refractivity contribution in [2.24, 2.45) is 4.99 Å². The highest BCUT2D eigenvalue weighted by Gasteiger charge is 2.25. The molecular weight excluding hydrogens is 398 g/mol. The number of sulfonamides is 1. The molecule has 158 valence electrons. The lowest BCUT2D eigenvalue weighted by Gasteiger charge is -2.18. The molecule has 1 fully saturated rings. The van der Waals surface area contributed by atoms with Crippen LogP contribution < -0.4 is 15.4 Å². The number of carbonyl (C=O) groups is 1. The molecule has 1 aliphatic heterocycles. The van der Waals surface area contributed by atoms with Gasteiger partial charge in [0, 0.05) is 48.4 Å². The van der Waals surface area contributed by atoms with Crippen LogP contribution in [0.25, 0.3) is 0 Å². The van der Waals surface area contributed by atoms with Gasteiger partial charge in [-0.05, 0) is 33.3 Å². The van der Waals surface area contributed by atoms with Crippen molar-refractivity contribution in [2.45, 2.75) is 51.5 Å². The number of aliphatic imine (C=N–C) groups is 1. The smallest absolute Gasteiger partial charge is 0.241 e. The maximum Gasteiger partial charge on any atom is 0.241 e. The molecule has 2 heterocycles. The van der Waals surface area contributed by atoms with Gasteiger partial charge in [0.05, 0.1) is 11.4 Å². The molecular formula is C18H31N5O3S2. The van der Waals surface area contributed by atoms with Crippen LogP contribution in [0.1, 0.15) is 36.4 Å². The van der Waals surface area contributed by atoms with E-state index in [9.17, 15) is 13.2 Å². The maximum absolute atomic E-state index is 12.4. The Hall–Kier alpha value is -1.65. The van der Waals surface area contributed by atoms with Gasteiger partial charge >= 0.3 is 0 Å². The SMILES string of the molecule is CCNC(=NCCNS(=O)(=O)c1cc(C)sc1C)NC1CCN(C(=O)CC)C1. The van der Waals surface area contributed by atoms with E-state index in [0.717, 1.165) is 22.7 Å². The van der Waals surface area contributed by atoms with E-state index in [-0.39, 0.29) is 18.5 Å². The first kappa shape index (κ1) is 22.6. The first-order valence-electron chi connectivity index (χ1n) is 9.66. The number of rotatable bonds is 8. The molecule has 10 heteroatoms. The average Bonchev–Trinajstić information content (AvgIpc) is 3.24. The summed E-state index contributed by atoms with van der Waals surface area (Å²) in [4.78, 5) is 20.2. The molecule has 3 N–H and O–H groups in total. The van der Waals surface area contributed by atoms with Gasteiger partial charge in [0.25, 0.3) is 0 Å². The Bertz CT molecular complexity index is 804. The van der Waals surface area contributed by atoms with Gasteiger partial charge in [-0.25, -0.2) is 13.1 Å². The molecule has 0 aliphatic carbocycles. The van der Waals surface area contributed by atoms with Crippen molar-refractivity contribution in [2.75, 3.05) is 32.7 Å². The molecule has 0 radical (unpaired) electrons. The molecule has 8 nitrogen and oxygen atoms in total. The van der Waals surface area contributed by atoms with Crippen LogP contribution in [-0.2, 0) is 14.8 Å². The van der Waals surface area contributed by atoms with Crippen LogP contribution >= 0.6 is 11.3 Å². The quantitative estimate of drug-likeness (QED) is 0.327. The van der Waals surface area contributed by atoms with E-state index in [1.807, 2.05) is 32.6 Å². The third kappa shape index (κ3) is 6.18. The molecule has 0 saturated carbocycles. The lowest BCUT2D eigenvalue weighted by molar-refractivity contribution is -0.129.